The summed E-state index contributed by atoms with van der Waals surface area (Å²) < 4.78 is 36.0. The van der Waals surface area contributed by atoms with Gasteiger partial charge in [0, 0.05) is 43.6 Å². The van der Waals surface area contributed by atoms with Crippen LogP contribution in [0.3, 0.4) is 0 Å². The van der Waals surface area contributed by atoms with Crippen LogP contribution < -0.4 is 4.90 Å². The van der Waals surface area contributed by atoms with E-state index in [4.69, 9.17) is 9.15 Å². The summed E-state index contributed by atoms with van der Waals surface area (Å²) in [6.45, 7) is 11.1. The average molecular weight is 583 g/mol. The first kappa shape index (κ1) is 29.1. The van der Waals surface area contributed by atoms with E-state index in [1.54, 1.807) is 36.9 Å². The van der Waals surface area contributed by atoms with Crippen molar-refractivity contribution in [1.29, 1.82) is 0 Å². The van der Waals surface area contributed by atoms with E-state index in [0.717, 1.165) is 5.69 Å². The van der Waals surface area contributed by atoms with Gasteiger partial charge in [0.05, 0.1) is 23.2 Å². The highest BCUT2D eigenvalue weighted by Crippen LogP contribution is 2.37. The minimum atomic E-state index is -2.88. The van der Waals surface area contributed by atoms with Crippen molar-refractivity contribution in [2.24, 2.45) is 0 Å². The Labute approximate surface area is 241 Å². The average Bonchev–Trinajstić information content (AvgIpc) is 3.45. The number of ether oxygens (including phenoxy) is 1. The van der Waals surface area contributed by atoms with Gasteiger partial charge in [0.15, 0.2) is 0 Å². The standard InChI is InChI=1S/C29H32F2N6O5/c1-28(2,3)42-27(40)36-12-10-35(11-13-36)19-8-9-20-21(14-19)29(4,5)26(39)37(25(20)38)16-18-7-6-17(15-32-18)23-33-34-24(41-23)22(30)31/h6-9,14-15,22H,10-13,16H2,1-5H3. The lowest BCUT2D eigenvalue weighted by molar-refractivity contribution is -0.134. The summed E-state index contributed by atoms with van der Waals surface area (Å²) in [5, 5.41) is 6.91. The van der Waals surface area contributed by atoms with Gasteiger partial charge < -0.3 is 19.0 Å². The highest BCUT2D eigenvalue weighted by molar-refractivity contribution is 6.13. The van der Waals surface area contributed by atoms with Crippen molar-refractivity contribution in [2.75, 3.05) is 31.1 Å². The normalized spacial score (nSPS) is 17.1. The fraction of sp³-hybridized carbons (Fsp3) is 0.448. The molecule has 2 aromatic heterocycles. The molecule has 4 heterocycles. The number of alkyl halides is 2. The molecule has 0 aliphatic carbocycles. The number of fused-ring (bicyclic) bond motifs is 1. The zero-order chi connectivity index (χ0) is 30.4. The van der Waals surface area contributed by atoms with Gasteiger partial charge in [0.2, 0.25) is 11.8 Å². The van der Waals surface area contributed by atoms with Crippen LogP contribution in [0.4, 0.5) is 19.3 Å². The molecule has 0 unspecified atom stereocenters. The highest BCUT2D eigenvalue weighted by Gasteiger charge is 2.45. The van der Waals surface area contributed by atoms with E-state index in [9.17, 15) is 23.2 Å². The molecule has 11 nitrogen and oxygen atoms in total. The maximum absolute atomic E-state index is 13.6. The van der Waals surface area contributed by atoms with Crippen LogP contribution in [0.15, 0.2) is 40.9 Å². The fourth-order valence-electron chi connectivity index (χ4n) is 4.99. The molecule has 0 radical (unpaired) electrons. The van der Waals surface area contributed by atoms with E-state index >= 15 is 0 Å². The molecule has 0 spiro atoms. The summed E-state index contributed by atoms with van der Waals surface area (Å²) in [7, 11) is 0. The second kappa shape index (κ2) is 10.8. The van der Waals surface area contributed by atoms with Gasteiger partial charge in [-0.05, 0) is 70.5 Å². The SMILES string of the molecule is CC(C)(C)OC(=O)N1CCN(c2ccc3c(c2)C(C)(C)C(=O)N(Cc2ccc(-c4nnc(C(F)F)o4)cn2)C3=O)CC1. The molecule has 0 atom stereocenters. The first-order valence-electron chi connectivity index (χ1n) is 13.5. The predicted octanol–water partition coefficient (Wildman–Crippen LogP) is 4.59. The van der Waals surface area contributed by atoms with Crippen LogP contribution >= 0.6 is 0 Å². The molecule has 2 aliphatic rings. The number of aromatic nitrogens is 3. The first-order chi connectivity index (χ1) is 19.7. The van der Waals surface area contributed by atoms with Gasteiger partial charge in [-0.1, -0.05) is 0 Å². The maximum Gasteiger partial charge on any atom is 0.410 e. The molecular formula is C29H32F2N6O5. The van der Waals surface area contributed by atoms with E-state index in [-0.39, 0.29) is 24.4 Å². The third-order valence-corrected chi connectivity index (χ3v) is 7.25. The van der Waals surface area contributed by atoms with Gasteiger partial charge in [0.25, 0.3) is 11.8 Å². The molecule has 3 amide bonds. The van der Waals surface area contributed by atoms with Gasteiger partial charge in [-0.3, -0.25) is 19.5 Å². The van der Waals surface area contributed by atoms with Gasteiger partial charge in [-0.15, -0.1) is 10.2 Å². The smallest absolute Gasteiger partial charge is 0.410 e. The third kappa shape index (κ3) is 5.68. The number of carbonyl (C=O) groups is 3. The summed E-state index contributed by atoms with van der Waals surface area (Å²) in [5.41, 5.74) is 1.13. The maximum atomic E-state index is 13.6. The summed E-state index contributed by atoms with van der Waals surface area (Å²) in [5.74, 6) is -1.69. The molecule has 1 fully saturated rings. The highest BCUT2D eigenvalue weighted by atomic mass is 19.3. The van der Waals surface area contributed by atoms with Crippen LogP contribution in [0.25, 0.3) is 11.5 Å². The Balaban J connectivity index is 1.30. The van der Waals surface area contributed by atoms with Crippen LogP contribution in [0.2, 0.25) is 0 Å². The molecule has 0 N–H and O–H groups in total. The number of pyridine rings is 1. The summed E-state index contributed by atoms with van der Waals surface area (Å²) >= 11 is 0. The van der Waals surface area contributed by atoms with Gasteiger partial charge in [-0.25, -0.2) is 4.79 Å². The second-order valence-electron chi connectivity index (χ2n) is 11.8. The van der Waals surface area contributed by atoms with Crippen LogP contribution in [0, 0.1) is 0 Å². The summed E-state index contributed by atoms with van der Waals surface area (Å²) in [6, 6.07) is 8.61. The Hall–Kier alpha value is -4.42. The Kier molecular flexibility index (Phi) is 7.46. The topological polar surface area (TPSA) is 122 Å². The number of rotatable bonds is 5. The third-order valence-electron chi connectivity index (χ3n) is 7.25. The number of hydrogen-bond acceptors (Lipinski definition) is 9. The lowest BCUT2D eigenvalue weighted by Gasteiger charge is -2.40. The number of halogens is 2. The molecular weight excluding hydrogens is 550 g/mol. The van der Waals surface area contributed by atoms with Crippen molar-refractivity contribution in [3.63, 3.8) is 0 Å². The van der Waals surface area contributed by atoms with Gasteiger partial charge >= 0.3 is 12.5 Å². The van der Waals surface area contributed by atoms with E-state index in [0.29, 0.717) is 48.6 Å². The fourth-order valence-corrected chi connectivity index (χ4v) is 4.99. The molecule has 5 rings (SSSR count). The zero-order valence-corrected chi connectivity index (χ0v) is 24.1. The lowest BCUT2D eigenvalue weighted by Crippen LogP contribution is -2.52. The van der Waals surface area contributed by atoms with E-state index in [1.807, 2.05) is 32.9 Å². The Morgan fingerprint density at radius 2 is 1.79 bits per heavy atom. The monoisotopic (exact) mass is 582 g/mol. The summed E-state index contributed by atoms with van der Waals surface area (Å²) in [4.78, 5) is 48.8. The number of hydrogen-bond donors (Lipinski definition) is 0. The molecule has 1 saturated heterocycles. The van der Waals surface area contributed by atoms with E-state index in [2.05, 4.69) is 20.1 Å². The quantitative estimate of drug-likeness (QED) is 0.398. The lowest BCUT2D eigenvalue weighted by atomic mass is 9.77. The Bertz CT molecular complexity index is 1510. The molecule has 3 aromatic rings. The predicted molar refractivity (Wildman–Crippen MR) is 147 cm³/mol. The molecule has 222 valence electrons. The summed E-state index contributed by atoms with van der Waals surface area (Å²) in [6.07, 6.45) is -1.86. The van der Waals surface area contributed by atoms with E-state index in [1.165, 1.54) is 11.1 Å². The van der Waals surface area contributed by atoms with Crippen molar-refractivity contribution < 1.29 is 32.3 Å². The molecule has 2 aliphatic heterocycles. The van der Waals surface area contributed by atoms with Crippen LogP contribution in [0.1, 0.15) is 68.6 Å². The Morgan fingerprint density at radius 1 is 1.07 bits per heavy atom. The van der Waals surface area contributed by atoms with Crippen molar-refractivity contribution >= 4 is 23.6 Å². The number of benzene rings is 1. The van der Waals surface area contributed by atoms with Crippen LogP contribution in [-0.2, 0) is 21.5 Å². The van der Waals surface area contributed by atoms with Crippen molar-refractivity contribution in [3.8, 4) is 11.5 Å². The second-order valence-corrected chi connectivity index (χ2v) is 11.8. The molecule has 0 bridgehead atoms. The van der Waals surface area contributed by atoms with Crippen molar-refractivity contribution in [1.82, 2.24) is 25.0 Å². The molecule has 1 aromatic carbocycles. The number of nitrogens with zero attached hydrogens (tertiary/aromatic N) is 6. The van der Waals surface area contributed by atoms with Gasteiger partial charge in [0.1, 0.15) is 5.60 Å². The van der Waals surface area contributed by atoms with Crippen molar-refractivity contribution in [2.45, 2.75) is 58.6 Å². The molecule has 42 heavy (non-hydrogen) atoms. The largest absolute Gasteiger partial charge is 0.444 e. The van der Waals surface area contributed by atoms with Crippen LogP contribution in [0.5, 0.6) is 0 Å². The molecule has 13 heteroatoms. The minimum Gasteiger partial charge on any atom is -0.444 e. The number of piperazine rings is 1. The van der Waals surface area contributed by atoms with Gasteiger partial charge in [-0.2, -0.15) is 8.78 Å². The Morgan fingerprint density at radius 3 is 2.38 bits per heavy atom. The zero-order valence-electron chi connectivity index (χ0n) is 24.1. The van der Waals surface area contributed by atoms with E-state index < -0.39 is 29.2 Å². The van der Waals surface area contributed by atoms with Crippen molar-refractivity contribution in [3.05, 3.63) is 59.2 Å². The number of anilines is 1. The molecule has 0 saturated carbocycles. The number of carbonyl (C=O) groups excluding carboxylic acids is 3. The number of amides is 3. The van der Waals surface area contributed by atoms with Crippen LogP contribution in [-0.4, -0.2) is 74.7 Å². The minimum absolute atomic E-state index is 0.0681. The first-order valence-corrected chi connectivity index (χ1v) is 13.5. The number of imide groups is 1.